The van der Waals surface area contributed by atoms with E-state index in [1.807, 2.05) is 6.07 Å². The zero-order valence-electron chi connectivity index (χ0n) is 14.1. The Morgan fingerprint density at radius 2 is 1.84 bits per heavy atom. The molecule has 5 nitrogen and oxygen atoms in total. The van der Waals surface area contributed by atoms with Gasteiger partial charge in [-0.1, -0.05) is 49.4 Å². The quantitative estimate of drug-likeness (QED) is 0.867. The maximum absolute atomic E-state index is 11.6. The van der Waals surface area contributed by atoms with Crippen LogP contribution in [-0.4, -0.2) is 35.2 Å². The summed E-state index contributed by atoms with van der Waals surface area (Å²) in [6.45, 7) is 2.70. The number of hydrogen-bond donors (Lipinski definition) is 1. The number of phenolic OH excluding ortho intramolecular Hbond substituents is 1. The number of rotatable bonds is 3. The minimum atomic E-state index is -0.606. The van der Waals surface area contributed by atoms with Gasteiger partial charge in [-0.15, -0.1) is 0 Å². The number of amides is 2. The summed E-state index contributed by atoms with van der Waals surface area (Å²) >= 11 is 0. The van der Waals surface area contributed by atoms with Crippen LogP contribution in [0, 0.1) is 0 Å². The van der Waals surface area contributed by atoms with E-state index in [1.54, 1.807) is 18.2 Å². The van der Waals surface area contributed by atoms with Gasteiger partial charge in [-0.3, -0.25) is 4.79 Å². The van der Waals surface area contributed by atoms with Gasteiger partial charge in [0.1, 0.15) is 12.4 Å². The second-order valence-corrected chi connectivity index (χ2v) is 5.37. The summed E-state index contributed by atoms with van der Waals surface area (Å²) in [7, 11) is 0. The molecule has 0 spiro atoms. The van der Waals surface area contributed by atoms with Crippen molar-refractivity contribution in [2.75, 3.05) is 13.2 Å². The molecule has 25 heavy (non-hydrogen) atoms. The monoisotopic (exact) mass is 339 g/mol. The van der Waals surface area contributed by atoms with Gasteiger partial charge in [-0.25, -0.2) is 9.69 Å². The molecule has 2 aromatic carbocycles. The molecule has 0 aliphatic carbocycles. The van der Waals surface area contributed by atoms with Gasteiger partial charge >= 0.3 is 6.09 Å². The average Bonchev–Trinajstić information content (AvgIpc) is 3.08. The summed E-state index contributed by atoms with van der Waals surface area (Å²) in [5, 5.41) is 9.08. The SMILES string of the molecule is CCc1ccccc1.O=C(/C=C/c1ccc(O)cc1)N1CCOC1=O. The van der Waals surface area contributed by atoms with Gasteiger partial charge in [-0.05, 0) is 35.8 Å². The molecule has 0 aromatic heterocycles. The van der Waals surface area contributed by atoms with Crippen molar-refractivity contribution in [2.45, 2.75) is 13.3 Å². The van der Waals surface area contributed by atoms with E-state index in [0.29, 0.717) is 0 Å². The molecular formula is C20H21NO4. The number of benzene rings is 2. The number of phenols is 1. The first kappa shape index (κ1) is 18.3. The highest BCUT2D eigenvalue weighted by Gasteiger charge is 2.26. The van der Waals surface area contributed by atoms with Crippen LogP contribution >= 0.6 is 0 Å². The molecule has 0 radical (unpaired) electrons. The lowest BCUT2D eigenvalue weighted by Crippen LogP contribution is -2.29. The maximum Gasteiger partial charge on any atom is 0.416 e. The van der Waals surface area contributed by atoms with Gasteiger partial charge in [-0.2, -0.15) is 0 Å². The molecule has 5 heteroatoms. The first-order chi connectivity index (χ1) is 12.1. The van der Waals surface area contributed by atoms with E-state index in [2.05, 4.69) is 35.9 Å². The van der Waals surface area contributed by atoms with E-state index in [-0.39, 0.29) is 18.9 Å². The fraction of sp³-hybridized carbons (Fsp3) is 0.200. The third-order valence-electron chi connectivity index (χ3n) is 3.59. The van der Waals surface area contributed by atoms with Gasteiger partial charge in [0, 0.05) is 6.08 Å². The lowest BCUT2D eigenvalue weighted by Gasteiger charge is -2.06. The van der Waals surface area contributed by atoms with Crippen LogP contribution in [0.3, 0.4) is 0 Å². The summed E-state index contributed by atoms with van der Waals surface area (Å²) in [4.78, 5) is 23.7. The summed E-state index contributed by atoms with van der Waals surface area (Å²) in [5.74, 6) is -0.239. The number of ether oxygens (including phenoxy) is 1. The van der Waals surface area contributed by atoms with Crippen LogP contribution in [-0.2, 0) is 16.0 Å². The molecule has 1 saturated heterocycles. The first-order valence-electron chi connectivity index (χ1n) is 8.09. The Labute approximate surface area is 147 Å². The van der Waals surface area contributed by atoms with Crippen molar-refractivity contribution >= 4 is 18.1 Å². The molecule has 1 N–H and O–H groups in total. The Bertz CT molecular complexity index is 723. The minimum absolute atomic E-state index is 0.164. The zero-order valence-corrected chi connectivity index (χ0v) is 14.1. The summed E-state index contributed by atoms with van der Waals surface area (Å²) in [6.07, 6.45) is 3.41. The Kier molecular flexibility index (Phi) is 6.77. The lowest BCUT2D eigenvalue weighted by atomic mass is 10.2. The van der Waals surface area contributed by atoms with Crippen molar-refractivity contribution in [3.05, 3.63) is 71.8 Å². The topological polar surface area (TPSA) is 66.8 Å². The highest BCUT2D eigenvalue weighted by molar-refractivity contribution is 6.01. The fourth-order valence-electron chi connectivity index (χ4n) is 2.15. The molecule has 2 aromatic rings. The Morgan fingerprint density at radius 1 is 1.16 bits per heavy atom. The minimum Gasteiger partial charge on any atom is -0.508 e. The third kappa shape index (κ3) is 5.80. The second kappa shape index (κ2) is 9.27. The van der Waals surface area contributed by atoms with Gasteiger partial charge in [0.15, 0.2) is 0 Å². The van der Waals surface area contributed by atoms with Crippen LogP contribution in [0.15, 0.2) is 60.7 Å². The molecule has 0 saturated carbocycles. The van der Waals surface area contributed by atoms with Crippen LogP contribution in [0.5, 0.6) is 5.75 Å². The van der Waals surface area contributed by atoms with Crippen molar-refractivity contribution in [3.8, 4) is 5.75 Å². The number of nitrogens with zero attached hydrogens (tertiary/aromatic N) is 1. The highest BCUT2D eigenvalue weighted by atomic mass is 16.6. The predicted octanol–water partition coefficient (Wildman–Crippen LogP) is 3.63. The maximum atomic E-state index is 11.6. The Hall–Kier alpha value is -3.08. The molecule has 1 aliphatic rings. The number of cyclic esters (lactones) is 1. The number of aryl methyl sites for hydroxylation is 1. The number of carbonyl (C=O) groups excluding carboxylic acids is 2. The summed E-state index contributed by atoms with van der Waals surface area (Å²) in [6, 6.07) is 16.8. The van der Waals surface area contributed by atoms with Crippen molar-refractivity contribution in [1.82, 2.24) is 4.90 Å². The fourth-order valence-corrected chi connectivity index (χ4v) is 2.15. The van der Waals surface area contributed by atoms with Crippen LogP contribution in [0.25, 0.3) is 6.08 Å². The molecule has 0 bridgehead atoms. The van der Waals surface area contributed by atoms with Crippen LogP contribution in [0.2, 0.25) is 0 Å². The zero-order chi connectivity index (χ0) is 18.1. The predicted molar refractivity (Wildman–Crippen MR) is 96.0 cm³/mol. The summed E-state index contributed by atoms with van der Waals surface area (Å²) < 4.78 is 4.65. The first-order valence-corrected chi connectivity index (χ1v) is 8.09. The van der Waals surface area contributed by atoms with Crippen molar-refractivity contribution in [2.24, 2.45) is 0 Å². The van der Waals surface area contributed by atoms with Crippen LogP contribution < -0.4 is 0 Å². The van der Waals surface area contributed by atoms with E-state index >= 15 is 0 Å². The molecule has 2 amide bonds. The molecule has 1 heterocycles. The van der Waals surface area contributed by atoms with E-state index in [0.717, 1.165) is 16.9 Å². The summed E-state index contributed by atoms with van der Waals surface area (Å²) in [5.41, 5.74) is 2.18. The molecule has 0 unspecified atom stereocenters. The van der Waals surface area contributed by atoms with E-state index in [4.69, 9.17) is 5.11 Å². The normalized spacial score (nSPS) is 13.3. The van der Waals surface area contributed by atoms with Gasteiger partial charge < -0.3 is 9.84 Å². The molecular weight excluding hydrogens is 318 g/mol. The highest BCUT2D eigenvalue weighted by Crippen LogP contribution is 2.11. The smallest absolute Gasteiger partial charge is 0.416 e. The molecule has 1 aliphatic heterocycles. The standard InChI is InChI=1S/C12H11NO4.C8H10/c14-10-4-1-9(2-5-10)3-6-11(15)13-7-8-17-12(13)16;1-2-8-6-4-3-5-7-8/h1-6,14H,7-8H2;3-7H,2H2,1H3/b6-3+;. The van der Waals surface area contributed by atoms with Crippen molar-refractivity contribution in [1.29, 1.82) is 0 Å². The number of imide groups is 1. The van der Waals surface area contributed by atoms with E-state index in [9.17, 15) is 9.59 Å². The van der Waals surface area contributed by atoms with E-state index < -0.39 is 12.0 Å². The number of aromatic hydroxyl groups is 1. The largest absolute Gasteiger partial charge is 0.508 e. The Morgan fingerprint density at radius 3 is 2.36 bits per heavy atom. The lowest BCUT2D eigenvalue weighted by molar-refractivity contribution is -0.122. The molecule has 130 valence electrons. The number of hydrogen-bond acceptors (Lipinski definition) is 4. The third-order valence-corrected chi connectivity index (χ3v) is 3.59. The number of carbonyl (C=O) groups is 2. The van der Waals surface area contributed by atoms with Gasteiger partial charge in [0.25, 0.3) is 5.91 Å². The molecule has 1 fully saturated rings. The van der Waals surface area contributed by atoms with Gasteiger partial charge in [0.2, 0.25) is 0 Å². The molecule has 3 rings (SSSR count). The van der Waals surface area contributed by atoms with Crippen LogP contribution in [0.1, 0.15) is 18.1 Å². The van der Waals surface area contributed by atoms with E-state index in [1.165, 1.54) is 23.8 Å². The van der Waals surface area contributed by atoms with Gasteiger partial charge in [0.05, 0.1) is 6.54 Å². The van der Waals surface area contributed by atoms with Crippen molar-refractivity contribution in [3.63, 3.8) is 0 Å². The van der Waals surface area contributed by atoms with Crippen molar-refractivity contribution < 1.29 is 19.4 Å². The average molecular weight is 339 g/mol. The molecule has 0 atom stereocenters. The second-order valence-electron chi connectivity index (χ2n) is 5.37. The Balaban J connectivity index is 0.000000236. The van der Waals surface area contributed by atoms with Crippen LogP contribution in [0.4, 0.5) is 4.79 Å².